The van der Waals surface area contributed by atoms with E-state index in [2.05, 4.69) is 40.7 Å². The third-order valence-electron chi connectivity index (χ3n) is 5.77. The first-order valence-corrected chi connectivity index (χ1v) is 10.8. The summed E-state index contributed by atoms with van der Waals surface area (Å²) in [5, 5.41) is 30.4. The van der Waals surface area contributed by atoms with E-state index in [-0.39, 0.29) is 28.6 Å². The number of carbonyl (C=O) groups is 1. The number of carbonyl (C=O) groups excluding carboxylic acids is 1. The number of nitrogens with one attached hydrogen (secondary N) is 1. The van der Waals surface area contributed by atoms with Gasteiger partial charge >= 0.3 is 0 Å². The molecule has 1 aliphatic carbocycles. The molecule has 0 saturated heterocycles. The molecule has 2 heterocycles. The number of nitro benzene ring substituents is 1. The van der Waals surface area contributed by atoms with Crippen LogP contribution in [0.15, 0.2) is 34.0 Å². The predicted octanol–water partition coefficient (Wildman–Crippen LogP) is 1.67. The summed E-state index contributed by atoms with van der Waals surface area (Å²) in [4.78, 5) is 25.7. The monoisotopic (exact) mass is 468 g/mol. The largest absolute Gasteiger partial charge is 0.378 e. The molecule has 4 rings (SSSR count). The normalized spacial score (nSPS) is 14.6. The van der Waals surface area contributed by atoms with Crippen LogP contribution in [-0.4, -0.2) is 60.3 Å². The number of rotatable bonds is 8. The highest BCUT2D eigenvalue weighted by Crippen LogP contribution is 2.24. The summed E-state index contributed by atoms with van der Waals surface area (Å²) in [6.07, 6.45) is 6.85. The second-order valence-electron chi connectivity index (χ2n) is 7.99. The molecule has 0 aliphatic heterocycles. The number of hydrogen-bond acceptors (Lipinski definition) is 11. The number of hydrazone groups is 1. The van der Waals surface area contributed by atoms with Crippen molar-refractivity contribution in [2.45, 2.75) is 44.7 Å². The van der Waals surface area contributed by atoms with Crippen LogP contribution in [0, 0.1) is 10.1 Å². The minimum atomic E-state index is -0.636. The van der Waals surface area contributed by atoms with Gasteiger partial charge < -0.3 is 5.73 Å². The first-order valence-electron chi connectivity index (χ1n) is 10.8. The zero-order valence-corrected chi connectivity index (χ0v) is 18.5. The molecule has 3 N–H and O–H groups in total. The number of para-hydroxylation sites is 1. The van der Waals surface area contributed by atoms with Crippen LogP contribution in [0.2, 0.25) is 0 Å². The van der Waals surface area contributed by atoms with Crippen molar-refractivity contribution in [3.05, 3.63) is 51.3 Å². The second-order valence-corrected chi connectivity index (χ2v) is 7.99. The Bertz CT molecular complexity index is 1200. The number of anilines is 1. The molecule has 0 spiro atoms. The zero-order valence-electron chi connectivity index (χ0n) is 18.5. The lowest BCUT2D eigenvalue weighted by molar-refractivity contribution is -0.385. The van der Waals surface area contributed by atoms with Crippen LogP contribution in [0.1, 0.15) is 53.8 Å². The van der Waals surface area contributed by atoms with E-state index in [1.807, 2.05) is 7.05 Å². The van der Waals surface area contributed by atoms with Gasteiger partial charge in [0.15, 0.2) is 5.69 Å². The van der Waals surface area contributed by atoms with Gasteiger partial charge in [-0.05, 0) is 36.3 Å². The molecule has 0 atom stereocenters. The molecular weight excluding hydrogens is 444 g/mol. The van der Waals surface area contributed by atoms with Crippen LogP contribution in [0.3, 0.4) is 0 Å². The maximum absolute atomic E-state index is 12.9. The summed E-state index contributed by atoms with van der Waals surface area (Å²) in [7, 11) is 1.98. The zero-order chi connectivity index (χ0) is 24.1. The molecule has 3 aromatic rings. The molecule has 34 heavy (non-hydrogen) atoms. The van der Waals surface area contributed by atoms with E-state index >= 15 is 0 Å². The summed E-state index contributed by atoms with van der Waals surface area (Å²) in [6, 6.07) is 6.42. The van der Waals surface area contributed by atoms with E-state index in [1.54, 1.807) is 12.1 Å². The minimum Gasteiger partial charge on any atom is -0.378 e. The molecular formula is C20H24N10O4. The van der Waals surface area contributed by atoms with Crippen LogP contribution < -0.4 is 11.2 Å². The average molecular weight is 468 g/mol. The molecule has 1 aliphatic rings. The Morgan fingerprint density at radius 2 is 2.12 bits per heavy atom. The van der Waals surface area contributed by atoms with Crippen molar-refractivity contribution in [3.8, 4) is 5.82 Å². The summed E-state index contributed by atoms with van der Waals surface area (Å²) in [5.41, 5.74) is 8.77. The fourth-order valence-corrected chi connectivity index (χ4v) is 3.99. The fourth-order valence-electron chi connectivity index (χ4n) is 3.99. The lowest BCUT2D eigenvalue weighted by atomic mass is 9.94. The lowest BCUT2D eigenvalue weighted by Gasteiger charge is -2.31. The second kappa shape index (κ2) is 10.2. The van der Waals surface area contributed by atoms with Crippen molar-refractivity contribution in [2.24, 2.45) is 5.10 Å². The number of hydrogen-bond donors (Lipinski definition) is 2. The molecule has 14 heteroatoms. The van der Waals surface area contributed by atoms with Gasteiger partial charge in [0.05, 0.1) is 22.4 Å². The minimum absolute atomic E-state index is 0.00726. The summed E-state index contributed by atoms with van der Waals surface area (Å²) in [6.45, 7) is 0.348. The highest BCUT2D eigenvalue weighted by Gasteiger charge is 2.27. The molecule has 0 bridgehead atoms. The van der Waals surface area contributed by atoms with E-state index in [0.717, 1.165) is 25.7 Å². The van der Waals surface area contributed by atoms with Crippen LogP contribution in [0.25, 0.3) is 5.82 Å². The number of nitrogens with zero attached hydrogens (tertiary/aromatic N) is 8. The standard InChI is InChI=1S/C20H24N10O4/c1-28(14-8-3-2-4-9-14)12-16-17(23-27-29(16)19-18(21)25-34-26-19)20(31)24-22-11-13-7-5-6-10-15(13)30(32)33/h5-7,10-11,14H,2-4,8-9,12H2,1H3,(H2,21,25)(H,24,31). The first kappa shape index (κ1) is 23.0. The van der Waals surface area contributed by atoms with Crippen LogP contribution in [-0.2, 0) is 6.54 Å². The molecule has 1 saturated carbocycles. The highest BCUT2D eigenvalue weighted by molar-refractivity contribution is 5.94. The number of nitrogens with two attached hydrogens (primary N) is 1. The Balaban J connectivity index is 1.58. The molecule has 14 nitrogen and oxygen atoms in total. The topological polar surface area (TPSA) is 183 Å². The first-order chi connectivity index (χ1) is 16.5. The Morgan fingerprint density at radius 3 is 2.82 bits per heavy atom. The average Bonchev–Trinajstić information content (AvgIpc) is 3.45. The van der Waals surface area contributed by atoms with Gasteiger partial charge in [-0.15, -0.1) is 5.10 Å². The van der Waals surface area contributed by atoms with Gasteiger partial charge in [-0.2, -0.15) is 9.78 Å². The number of aromatic nitrogens is 5. The van der Waals surface area contributed by atoms with Crippen LogP contribution in [0.4, 0.5) is 11.5 Å². The Kier molecular flexibility index (Phi) is 6.87. The van der Waals surface area contributed by atoms with Crippen molar-refractivity contribution < 1.29 is 14.3 Å². The molecule has 178 valence electrons. The van der Waals surface area contributed by atoms with E-state index in [0.29, 0.717) is 18.3 Å². The highest BCUT2D eigenvalue weighted by atomic mass is 16.6. The summed E-state index contributed by atoms with van der Waals surface area (Å²) in [5.74, 6) is -0.502. The summed E-state index contributed by atoms with van der Waals surface area (Å²) >= 11 is 0. The SMILES string of the molecule is CN(Cc1c(C(=O)NN=Cc2ccccc2[N+](=O)[O-])nnn1-c1nonc1N)C1CCCCC1. The van der Waals surface area contributed by atoms with Crippen molar-refractivity contribution >= 4 is 23.6 Å². The lowest BCUT2D eigenvalue weighted by Crippen LogP contribution is -2.34. The number of nitro groups is 1. The van der Waals surface area contributed by atoms with Crippen molar-refractivity contribution in [3.63, 3.8) is 0 Å². The molecule has 2 aromatic heterocycles. The van der Waals surface area contributed by atoms with Gasteiger partial charge in [0.25, 0.3) is 11.6 Å². The Labute approximate surface area is 193 Å². The van der Waals surface area contributed by atoms with E-state index in [1.165, 1.54) is 29.4 Å². The van der Waals surface area contributed by atoms with Crippen molar-refractivity contribution in [1.29, 1.82) is 0 Å². The summed E-state index contributed by atoms with van der Waals surface area (Å²) < 4.78 is 6.01. The fraction of sp³-hybridized carbons (Fsp3) is 0.400. The quantitative estimate of drug-likeness (QED) is 0.280. The van der Waals surface area contributed by atoms with Gasteiger partial charge in [0.2, 0.25) is 11.6 Å². The van der Waals surface area contributed by atoms with Gasteiger partial charge in [-0.25, -0.2) is 10.1 Å². The van der Waals surface area contributed by atoms with E-state index in [4.69, 9.17) is 5.73 Å². The van der Waals surface area contributed by atoms with Crippen LogP contribution >= 0.6 is 0 Å². The Morgan fingerprint density at radius 1 is 1.35 bits per heavy atom. The van der Waals surface area contributed by atoms with Gasteiger partial charge in [-0.3, -0.25) is 19.8 Å². The number of nitrogen functional groups attached to an aromatic ring is 1. The molecule has 1 fully saturated rings. The van der Waals surface area contributed by atoms with Gasteiger partial charge in [-0.1, -0.05) is 36.6 Å². The molecule has 0 radical (unpaired) electrons. The number of benzene rings is 1. The molecule has 1 amide bonds. The van der Waals surface area contributed by atoms with Gasteiger partial charge in [0.1, 0.15) is 0 Å². The third-order valence-corrected chi connectivity index (χ3v) is 5.77. The van der Waals surface area contributed by atoms with Crippen LogP contribution in [0.5, 0.6) is 0 Å². The smallest absolute Gasteiger partial charge is 0.293 e. The van der Waals surface area contributed by atoms with Gasteiger partial charge in [0, 0.05) is 18.7 Å². The van der Waals surface area contributed by atoms with Crippen molar-refractivity contribution in [1.82, 2.24) is 35.6 Å². The molecule has 1 aromatic carbocycles. The number of amides is 1. The van der Waals surface area contributed by atoms with Crippen molar-refractivity contribution in [2.75, 3.05) is 12.8 Å². The Hall–Kier alpha value is -4.20. The predicted molar refractivity (Wildman–Crippen MR) is 120 cm³/mol. The van der Waals surface area contributed by atoms with E-state index in [9.17, 15) is 14.9 Å². The molecule has 0 unspecified atom stereocenters. The third kappa shape index (κ3) is 4.91. The van der Waals surface area contributed by atoms with E-state index < -0.39 is 10.8 Å². The maximum atomic E-state index is 12.9. The maximum Gasteiger partial charge on any atom is 0.293 e.